The van der Waals surface area contributed by atoms with Crippen molar-refractivity contribution < 1.29 is 13.6 Å². The van der Waals surface area contributed by atoms with E-state index in [9.17, 15) is 4.79 Å². The quantitative estimate of drug-likeness (QED) is 0.405. The molecule has 1 amide bonds. The predicted octanol–water partition coefficient (Wildman–Crippen LogP) is 4.41. The number of para-hydroxylation sites is 1. The van der Waals surface area contributed by atoms with E-state index < -0.39 is 0 Å². The van der Waals surface area contributed by atoms with Gasteiger partial charge in [0.05, 0.1) is 17.5 Å². The van der Waals surface area contributed by atoms with Crippen molar-refractivity contribution in [2.24, 2.45) is 5.10 Å². The van der Waals surface area contributed by atoms with Gasteiger partial charge in [0, 0.05) is 11.8 Å². The number of hydrazone groups is 1. The van der Waals surface area contributed by atoms with E-state index in [0.717, 1.165) is 11.4 Å². The maximum Gasteiger partial charge on any atom is 0.274 e. The second kappa shape index (κ2) is 7.63. The first kappa shape index (κ1) is 18.5. The Morgan fingerprint density at radius 3 is 2.52 bits per heavy atom. The van der Waals surface area contributed by atoms with Gasteiger partial charge in [0.2, 0.25) is 0 Å². The molecule has 0 aliphatic carbocycles. The molecule has 0 saturated heterocycles. The van der Waals surface area contributed by atoms with Crippen molar-refractivity contribution >= 4 is 12.1 Å². The molecule has 0 atom stereocenters. The number of aryl methyl sites for hydroxylation is 3. The van der Waals surface area contributed by atoms with Crippen molar-refractivity contribution in [2.75, 3.05) is 0 Å². The lowest BCUT2D eigenvalue weighted by Crippen LogP contribution is -2.17. The van der Waals surface area contributed by atoms with Crippen molar-refractivity contribution in [3.63, 3.8) is 0 Å². The van der Waals surface area contributed by atoms with Crippen molar-refractivity contribution in [1.82, 2.24) is 15.2 Å². The van der Waals surface area contributed by atoms with Gasteiger partial charge in [-0.15, -0.1) is 0 Å². The highest BCUT2D eigenvalue weighted by Crippen LogP contribution is 2.24. The molecule has 0 saturated carbocycles. The molecule has 4 aromatic rings. The molecule has 7 heteroatoms. The number of nitrogens with zero attached hydrogens (tertiary/aromatic N) is 3. The Kier molecular flexibility index (Phi) is 4.87. The van der Waals surface area contributed by atoms with Gasteiger partial charge in [0.15, 0.2) is 5.76 Å². The van der Waals surface area contributed by atoms with Crippen LogP contribution in [0.5, 0.6) is 0 Å². The molecule has 0 fully saturated rings. The highest BCUT2D eigenvalue weighted by molar-refractivity contribution is 5.96. The molecule has 1 N–H and O–H groups in total. The molecule has 0 aliphatic heterocycles. The fourth-order valence-corrected chi connectivity index (χ4v) is 3.02. The van der Waals surface area contributed by atoms with Gasteiger partial charge >= 0.3 is 0 Å². The maximum atomic E-state index is 12.3. The Hall–Kier alpha value is -3.87. The summed E-state index contributed by atoms with van der Waals surface area (Å²) < 4.78 is 12.9. The molecule has 0 spiro atoms. The highest BCUT2D eigenvalue weighted by atomic mass is 16.3. The molecule has 0 radical (unpaired) electrons. The number of hydrogen-bond acceptors (Lipinski definition) is 5. The van der Waals surface area contributed by atoms with Crippen LogP contribution in [0.1, 0.15) is 33.2 Å². The minimum atomic E-state index is -0.332. The summed E-state index contributed by atoms with van der Waals surface area (Å²) in [5, 5.41) is 8.75. The summed E-state index contributed by atoms with van der Waals surface area (Å²) in [6.45, 7) is 5.41. The number of carbonyl (C=O) groups excluding carboxylic acids is 1. The van der Waals surface area contributed by atoms with E-state index in [4.69, 9.17) is 8.83 Å². The molecule has 7 nitrogen and oxygen atoms in total. The molecular formula is C22H20N4O3. The van der Waals surface area contributed by atoms with Crippen LogP contribution in [-0.4, -0.2) is 21.9 Å². The normalized spacial score (nSPS) is 11.3. The lowest BCUT2D eigenvalue weighted by atomic mass is 10.2. The molecular weight excluding hydrogens is 368 g/mol. The van der Waals surface area contributed by atoms with Crippen LogP contribution in [-0.2, 0) is 0 Å². The minimum Gasteiger partial charge on any atom is -0.466 e. The van der Waals surface area contributed by atoms with E-state index in [1.54, 1.807) is 30.8 Å². The molecule has 1 aromatic carbocycles. The summed E-state index contributed by atoms with van der Waals surface area (Å²) in [6, 6.07) is 15.2. The zero-order valence-corrected chi connectivity index (χ0v) is 16.3. The van der Waals surface area contributed by atoms with E-state index in [-0.39, 0.29) is 5.91 Å². The van der Waals surface area contributed by atoms with E-state index in [1.807, 2.05) is 55.6 Å². The minimum absolute atomic E-state index is 0.332. The summed E-state index contributed by atoms with van der Waals surface area (Å²) in [5.41, 5.74) is 5.25. The Balaban J connectivity index is 1.63. The fourth-order valence-electron chi connectivity index (χ4n) is 3.02. The SMILES string of the molecule is Cc1ccc(-c2nn(-c3ccccc3)cc2C=NNC(=O)c2cc(C)oc2C)o1. The van der Waals surface area contributed by atoms with Crippen LogP contribution >= 0.6 is 0 Å². The second-order valence-electron chi connectivity index (χ2n) is 6.65. The van der Waals surface area contributed by atoms with Gasteiger partial charge in [-0.25, -0.2) is 10.1 Å². The van der Waals surface area contributed by atoms with Gasteiger partial charge in [-0.2, -0.15) is 10.2 Å². The topological polar surface area (TPSA) is 85.6 Å². The Morgan fingerprint density at radius 1 is 1.07 bits per heavy atom. The van der Waals surface area contributed by atoms with Crippen molar-refractivity contribution in [2.45, 2.75) is 20.8 Å². The smallest absolute Gasteiger partial charge is 0.274 e. The van der Waals surface area contributed by atoms with Crippen LogP contribution in [0.25, 0.3) is 17.1 Å². The maximum absolute atomic E-state index is 12.3. The van der Waals surface area contributed by atoms with Crippen LogP contribution in [0.2, 0.25) is 0 Å². The summed E-state index contributed by atoms with van der Waals surface area (Å²) in [7, 11) is 0. The van der Waals surface area contributed by atoms with E-state index in [1.165, 1.54) is 0 Å². The number of aromatic nitrogens is 2. The van der Waals surface area contributed by atoms with Crippen molar-refractivity contribution in [1.29, 1.82) is 0 Å². The number of benzene rings is 1. The number of carbonyl (C=O) groups is 1. The third kappa shape index (κ3) is 3.89. The summed E-state index contributed by atoms with van der Waals surface area (Å²) in [4.78, 5) is 12.3. The van der Waals surface area contributed by atoms with E-state index >= 15 is 0 Å². The first-order valence-corrected chi connectivity index (χ1v) is 9.13. The van der Waals surface area contributed by atoms with Crippen LogP contribution in [0, 0.1) is 20.8 Å². The molecule has 3 heterocycles. The average Bonchev–Trinajstić information content (AvgIpc) is 3.41. The number of hydrogen-bond donors (Lipinski definition) is 1. The molecule has 0 unspecified atom stereocenters. The van der Waals surface area contributed by atoms with Gasteiger partial charge in [0.25, 0.3) is 5.91 Å². The van der Waals surface area contributed by atoms with Gasteiger partial charge < -0.3 is 8.83 Å². The predicted molar refractivity (Wildman–Crippen MR) is 109 cm³/mol. The van der Waals surface area contributed by atoms with Crippen LogP contribution in [0.15, 0.2) is 68.7 Å². The van der Waals surface area contributed by atoms with E-state index in [0.29, 0.717) is 34.1 Å². The monoisotopic (exact) mass is 388 g/mol. The fraction of sp³-hybridized carbons (Fsp3) is 0.136. The van der Waals surface area contributed by atoms with Crippen molar-refractivity contribution in [3.8, 4) is 17.1 Å². The largest absolute Gasteiger partial charge is 0.466 e. The Labute approximate surface area is 167 Å². The number of amides is 1. The van der Waals surface area contributed by atoms with Crippen LogP contribution < -0.4 is 5.43 Å². The highest BCUT2D eigenvalue weighted by Gasteiger charge is 2.15. The zero-order valence-electron chi connectivity index (χ0n) is 16.3. The first-order valence-electron chi connectivity index (χ1n) is 9.13. The Morgan fingerprint density at radius 2 is 1.86 bits per heavy atom. The molecule has 0 bridgehead atoms. The summed E-state index contributed by atoms with van der Waals surface area (Å²) in [6.07, 6.45) is 3.39. The van der Waals surface area contributed by atoms with Crippen LogP contribution in [0.4, 0.5) is 0 Å². The average molecular weight is 388 g/mol. The number of furan rings is 2. The first-order chi connectivity index (χ1) is 14.0. The van der Waals surface area contributed by atoms with Gasteiger partial charge in [-0.3, -0.25) is 4.79 Å². The van der Waals surface area contributed by atoms with Crippen LogP contribution in [0.3, 0.4) is 0 Å². The third-order valence-electron chi connectivity index (χ3n) is 4.39. The summed E-state index contributed by atoms with van der Waals surface area (Å²) in [5.74, 6) is 2.32. The lowest BCUT2D eigenvalue weighted by Gasteiger charge is -1.98. The number of rotatable bonds is 5. The van der Waals surface area contributed by atoms with Crippen molar-refractivity contribution in [3.05, 3.63) is 83.1 Å². The standard InChI is InChI=1S/C22H20N4O3/c1-14-9-10-20(29-14)21-17(13-26(25-21)18-7-5-4-6-8-18)12-23-24-22(27)19-11-15(2)28-16(19)3/h4-13H,1-3H3,(H,24,27). The molecule has 0 aliphatic rings. The molecule has 29 heavy (non-hydrogen) atoms. The lowest BCUT2D eigenvalue weighted by molar-refractivity contribution is 0.0953. The molecule has 4 rings (SSSR count). The summed E-state index contributed by atoms with van der Waals surface area (Å²) >= 11 is 0. The number of nitrogens with one attached hydrogen (secondary N) is 1. The third-order valence-corrected chi connectivity index (χ3v) is 4.39. The molecule has 3 aromatic heterocycles. The van der Waals surface area contributed by atoms with Gasteiger partial charge in [-0.1, -0.05) is 18.2 Å². The zero-order chi connectivity index (χ0) is 20.4. The second-order valence-corrected chi connectivity index (χ2v) is 6.65. The van der Waals surface area contributed by atoms with E-state index in [2.05, 4.69) is 15.6 Å². The van der Waals surface area contributed by atoms with Gasteiger partial charge in [-0.05, 0) is 51.1 Å². The Bertz CT molecular complexity index is 1180. The van der Waals surface area contributed by atoms with Gasteiger partial charge in [0.1, 0.15) is 23.0 Å². The molecule has 146 valence electrons.